The number of rotatable bonds is 8. The van der Waals surface area contributed by atoms with Crippen LogP contribution in [0.2, 0.25) is 0 Å². The number of carbonyl (C=O) groups is 3. The van der Waals surface area contributed by atoms with Crippen molar-refractivity contribution in [1.82, 2.24) is 0 Å². The summed E-state index contributed by atoms with van der Waals surface area (Å²) in [5, 5.41) is 2.97. The standard InChI is InChI=1S/C15H18INO5/c1-21-14(19)8-7-12(18)9-13(15(20)22-2)17-11-5-3-10(16)4-6-11/h3-6,13,17H,7-9H2,1-2H3. The number of ether oxygens (including phenoxy) is 2. The largest absolute Gasteiger partial charge is 0.469 e. The Morgan fingerprint density at radius 2 is 1.73 bits per heavy atom. The van der Waals surface area contributed by atoms with Gasteiger partial charge >= 0.3 is 11.9 Å². The first kappa shape index (κ1) is 18.4. The first-order chi connectivity index (χ1) is 10.5. The Balaban J connectivity index is 2.64. The molecular formula is C15H18INO5. The molecule has 0 aliphatic heterocycles. The minimum absolute atomic E-state index is 0.00670. The molecule has 0 aromatic heterocycles. The summed E-state index contributed by atoms with van der Waals surface area (Å²) < 4.78 is 10.3. The van der Waals surface area contributed by atoms with Crippen molar-refractivity contribution in [3.8, 4) is 0 Å². The molecule has 1 unspecified atom stereocenters. The second-order valence-corrected chi connectivity index (χ2v) is 5.79. The van der Waals surface area contributed by atoms with Crippen LogP contribution in [0.4, 0.5) is 5.69 Å². The van der Waals surface area contributed by atoms with Gasteiger partial charge in [0.25, 0.3) is 0 Å². The van der Waals surface area contributed by atoms with Crippen molar-refractivity contribution >= 4 is 46.0 Å². The summed E-state index contributed by atoms with van der Waals surface area (Å²) in [5.41, 5.74) is 0.719. The maximum atomic E-state index is 11.9. The van der Waals surface area contributed by atoms with E-state index < -0.39 is 18.0 Å². The zero-order chi connectivity index (χ0) is 16.5. The zero-order valence-corrected chi connectivity index (χ0v) is 14.6. The Bertz CT molecular complexity index is 529. The predicted octanol–water partition coefficient (Wildman–Crippen LogP) is 2.16. The summed E-state index contributed by atoms with van der Waals surface area (Å²) >= 11 is 2.17. The van der Waals surface area contributed by atoms with Gasteiger partial charge in [0.15, 0.2) is 0 Å². The molecule has 0 amide bonds. The summed E-state index contributed by atoms with van der Waals surface area (Å²) in [4.78, 5) is 34.7. The van der Waals surface area contributed by atoms with E-state index in [-0.39, 0.29) is 25.0 Å². The van der Waals surface area contributed by atoms with Gasteiger partial charge in [0.2, 0.25) is 0 Å². The van der Waals surface area contributed by atoms with E-state index in [1.165, 1.54) is 14.2 Å². The van der Waals surface area contributed by atoms with E-state index in [0.717, 1.165) is 9.26 Å². The molecule has 6 nitrogen and oxygen atoms in total. The number of anilines is 1. The molecule has 0 bridgehead atoms. The third-order valence-corrected chi connectivity index (χ3v) is 3.66. The minimum Gasteiger partial charge on any atom is -0.469 e. The molecule has 0 radical (unpaired) electrons. The van der Waals surface area contributed by atoms with Gasteiger partial charge in [-0.05, 0) is 46.9 Å². The first-order valence-electron chi connectivity index (χ1n) is 6.64. The van der Waals surface area contributed by atoms with Crippen LogP contribution in [0.15, 0.2) is 24.3 Å². The van der Waals surface area contributed by atoms with E-state index in [4.69, 9.17) is 4.74 Å². The Hall–Kier alpha value is -1.64. The van der Waals surface area contributed by atoms with Gasteiger partial charge in [0.1, 0.15) is 11.8 Å². The molecule has 0 heterocycles. The molecule has 1 aromatic carbocycles. The monoisotopic (exact) mass is 419 g/mol. The number of halogens is 1. The lowest BCUT2D eigenvalue weighted by atomic mass is 10.1. The fourth-order valence-electron chi connectivity index (χ4n) is 1.76. The van der Waals surface area contributed by atoms with Crippen molar-refractivity contribution in [3.63, 3.8) is 0 Å². The van der Waals surface area contributed by atoms with Crippen LogP contribution in [-0.2, 0) is 23.9 Å². The van der Waals surface area contributed by atoms with Crippen LogP contribution in [0.3, 0.4) is 0 Å². The van der Waals surface area contributed by atoms with Crippen molar-refractivity contribution in [2.24, 2.45) is 0 Å². The normalized spacial score (nSPS) is 11.4. The molecule has 7 heteroatoms. The third kappa shape index (κ3) is 6.42. The Morgan fingerprint density at radius 1 is 1.09 bits per heavy atom. The molecule has 0 aliphatic rings. The number of ketones is 1. The molecule has 1 aromatic rings. The zero-order valence-electron chi connectivity index (χ0n) is 12.4. The van der Waals surface area contributed by atoms with Crippen LogP contribution in [-0.4, -0.2) is 38.0 Å². The van der Waals surface area contributed by atoms with E-state index in [2.05, 4.69) is 32.6 Å². The number of hydrogen-bond donors (Lipinski definition) is 1. The fraction of sp³-hybridized carbons (Fsp3) is 0.400. The minimum atomic E-state index is -0.782. The van der Waals surface area contributed by atoms with Gasteiger partial charge in [-0.1, -0.05) is 0 Å². The summed E-state index contributed by atoms with van der Waals surface area (Å²) in [7, 11) is 2.53. The van der Waals surface area contributed by atoms with Gasteiger partial charge in [-0.15, -0.1) is 0 Å². The van der Waals surface area contributed by atoms with Gasteiger partial charge in [0, 0.05) is 22.1 Å². The van der Waals surface area contributed by atoms with Crippen molar-refractivity contribution < 1.29 is 23.9 Å². The van der Waals surface area contributed by atoms with Gasteiger partial charge in [0.05, 0.1) is 20.6 Å². The van der Waals surface area contributed by atoms with E-state index in [1.54, 1.807) is 0 Å². The molecular weight excluding hydrogens is 401 g/mol. The van der Waals surface area contributed by atoms with Gasteiger partial charge in [-0.3, -0.25) is 9.59 Å². The lowest BCUT2D eigenvalue weighted by Crippen LogP contribution is -2.33. The highest BCUT2D eigenvalue weighted by atomic mass is 127. The first-order valence-corrected chi connectivity index (χ1v) is 7.72. The second kappa shape index (κ2) is 9.39. The Labute approximate surface area is 142 Å². The molecule has 0 saturated heterocycles. The van der Waals surface area contributed by atoms with Crippen molar-refractivity contribution in [2.75, 3.05) is 19.5 Å². The van der Waals surface area contributed by atoms with Gasteiger partial charge in [-0.25, -0.2) is 4.79 Å². The van der Waals surface area contributed by atoms with Crippen molar-refractivity contribution in [2.45, 2.75) is 25.3 Å². The number of hydrogen-bond acceptors (Lipinski definition) is 6. The summed E-state index contributed by atoms with van der Waals surface area (Å²) in [6, 6.07) is 6.62. The number of carbonyl (C=O) groups excluding carboxylic acids is 3. The van der Waals surface area contributed by atoms with Crippen LogP contribution in [0.5, 0.6) is 0 Å². The Morgan fingerprint density at radius 3 is 2.27 bits per heavy atom. The van der Waals surface area contributed by atoms with Crippen LogP contribution in [0.1, 0.15) is 19.3 Å². The summed E-state index contributed by atoms with van der Waals surface area (Å²) in [6.07, 6.45) is -0.00303. The molecule has 0 spiro atoms. The second-order valence-electron chi connectivity index (χ2n) is 4.55. The molecule has 0 saturated carbocycles. The highest BCUT2D eigenvalue weighted by molar-refractivity contribution is 14.1. The van der Waals surface area contributed by atoms with Crippen LogP contribution >= 0.6 is 22.6 Å². The molecule has 1 N–H and O–H groups in total. The van der Waals surface area contributed by atoms with E-state index >= 15 is 0 Å². The van der Waals surface area contributed by atoms with Crippen LogP contribution < -0.4 is 5.32 Å². The highest BCUT2D eigenvalue weighted by Crippen LogP contribution is 2.14. The average Bonchev–Trinajstić information content (AvgIpc) is 2.53. The maximum Gasteiger partial charge on any atom is 0.328 e. The number of nitrogens with one attached hydrogen (secondary N) is 1. The Kier molecular flexibility index (Phi) is 7.86. The van der Waals surface area contributed by atoms with E-state index in [9.17, 15) is 14.4 Å². The molecule has 22 heavy (non-hydrogen) atoms. The fourth-order valence-corrected chi connectivity index (χ4v) is 2.12. The van der Waals surface area contributed by atoms with Crippen LogP contribution in [0, 0.1) is 3.57 Å². The van der Waals surface area contributed by atoms with Crippen LogP contribution in [0.25, 0.3) is 0 Å². The lowest BCUT2D eigenvalue weighted by molar-refractivity contribution is -0.143. The number of methoxy groups -OCH3 is 2. The number of esters is 2. The third-order valence-electron chi connectivity index (χ3n) is 2.94. The number of Topliss-reactive ketones (excluding diaryl/α,β-unsaturated/α-hetero) is 1. The average molecular weight is 419 g/mol. The lowest BCUT2D eigenvalue weighted by Gasteiger charge is -2.17. The predicted molar refractivity (Wildman–Crippen MR) is 89.5 cm³/mol. The quantitative estimate of drug-likeness (QED) is 0.514. The van der Waals surface area contributed by atoms with Gasteiger partial charge in [-0.2, -0.15) is 0 Å². The van der Waals surface area contributed by atoms with Crippen molar-refractivity contribution in [3.05, 3.63) is 27.8 Å². The molecule has 0 fully saturated rings. The smallest absolute Gasteiger partial charge is 0.328 e. The highest BCUT2D eigenvalue weighted by Gasteiger charge is 2.22. The molecule has 120 valence electrons. The molecule has 1 atom stereocenters. The number of benzene rings is 1. The SMILES string of the molecule is COC(=O)CCC(=O)CC(Nc1ccc(I)cc1)C(=O)OC. The molecule has 0 aliphatic carbocycles. The van der Waals surface area contributed by atoms with Crippen molar-refractivity contribution in [1.29, 1.82) is 0 Å². The topological polar surface area (TPSA) is 81.7 Å². The summed E-state index contributed by atoms with van der Waals surface area (Å²) in [6.45, 7) is 0. The molecule has 1 rings (SSSR count). The van der Waals surface area contributed by atoms with Gasteiger partial charge < -0.3 is 14.8 Å². The summed E-state index contributed by atoms with van der Waals surface area (Å²) in [5.74, 6) is -1.18. The van der Waals surface area contributed by atoms with E-state index in [0.29, 0.717) is 0 Å². The maximum absolute atomic E-state index is 11.9. The van der Waals surface area contributed by atoms with E-state index in [1.807, 2.05) is 24.3 Å².